The molecule has 33 heavy (non-hydrogen) atoms. The van der Waals surface area contributed by atoms with Crippen molar-refractivity contribution in [1.29, 1.82) is 0 Å². The van der Waals surface area contributed by atoms with Gasteiger partial charge in [-0.3, -0.25) is 24.0 Å². The molecule has 0 aromatic heterocycles. The molecule has 4 atom stereocenters. The maximum atomic E-state index is 12.6. The molecule has 0 aromatic rings. The monoisotopic (exact) mass is 475 g/mol. The van der Waals surface area contributed by atoms with Gasteiger partial charge < -0.3 is 42.7 Å². The van der Waals surface area contributed by atoms with Gasteiger partial charge in [0.2, 0.25) is 17.7 Å². The van der Waals surface area contributed by atoms with Gasteiger partial charge in [-0.25, -0.2) is 4.79 Å². The molecule has 0 spiro atoms. The van der Waals surface area contributed by atoms with Crippen molar-refractivity contribution in [3.05, 3.63) is 0 Å². The van der Waals surface area contributed by atoms with Crippen LogP contribution in [0.2, 0.25) is 0 Å². The number of carboxylic acid groups (broad SMARTS) is 3. The number of amides is 3. The zero-order valence-electron chi connectivity index (χ0n) is 18.6. The molecule has 0 aliphatic carbocycles. The van der Waals surface area contributed by atoms with Gasteiger partial charge in [0.25, 0.3) is 0 Å². The lowest BCUT2D eigenvalue weighted by molar-refractivity contribution is -0.145. The first-order chi connectivity index (χ1) is 15.3. The summed E-state index contributed by atoms with van der Waals surface area (Å²) < 4.78 is 0. The number of hydrogen-bond donors (Lipinski definition) is 8. The molecule has 10 N–H and O–H groups in total. The molecule has 0 radical (unpaired) electrons. The minimum absolute atomic E-state index is 0.236. The quantitative estimate of drug-likeness (QED) is 0.109. The van der Waals surface area contributed by atoms with Crippen molar-refractivity contribution in [3.8, 4) is 0 Å². The average Bonchev–Trinajstić information content (AvgIpc) is 2.69. The lowest BCUT2D eigenvalue weighted by atomic mass is 10.0. The minimum Gasteiger partial charge on any atom is -0.481 e. The van der Waals surface area contributed by atoms with Gasteiger partial charge in [0.05, 0.1) is 18.9 Å². The molecular weight excluding hydrogens is 442 g/mol. The third kappa shape index (κ3) is 11.8. The normalized spacial score (nSPS) is 14.5. The van der Waals surface area contributed by atoms with Crippen LogP contribution in [0.3, 0.4) is 0 Å². The maximum absolute atomic E-state index is 12.6. The van der Waals surface area contributed by atoms with Crippen LogP contribution in [0.1, 0.15) is 46.0 Å². The van der Waals surface area contributed by atoms with E-state index in [-0.39, 0.29) is 6.42 Å². The molecule has 188 valence electrons. The molecule has 0 aromatic carbocycles. The molecule has 14 heteroatoms. The summed E-state index contributed by atoms with van der Waals surface area (Å²) in [4.78, 5) is 70.9. The number of carbonyl (C=O) groups excluding carboxylic acids is 3. The standard InChI is InChI=1S/C19H33N5O9/c1-9(2)15(19(32)33)24-18(31)12(8-14(27)28)23-17(30)11(7-13(25)26)22-16(29)10(21)5-3-4-6-20/h9-12,15H,3-8,20-21H2,1-2H3,(H,22,29)(H,23,30)(H,24,31)(H,25,26)(H,27,28)(H,32,33). The van der Waals surface area contributed by atoms with Crippen molar-refractivity contribution < 1.29 is 44.1 Å². The summed E-state index contributed by atoms with van der Waals surface area (Å²) in [5, 5.41) is 33.7. The predicted octanol–water partition coefficient (Wildman–Crippen LogP) is -2.41. The number of carbonyl (C=O) groups is 6. The summed E-state index contributed by atoms with van der Waals surface area (Å²) in [6.45, 7) is 3.42. The Balaban J connectivity index is 5.45. The van der Waals surface area contributed by atoms with Crippen molar-refractivity contribution in [2.24, 2.45) is 17.4 Å². The van der Waals surface area contributed by atoms with Gasteiger partial charge in [-0.15, -0.1) is 0 Å². The molecule has 0 heterocycles. The van der Waals surface area contributed by atoms with E-state index in [2.05, 4.69) is 16.0 Å². The number of nitrogens with one attached hydrogen (secondary N) is 3. The van der Waals surface area contributed by atoms with Gasteiger partial charge in [0.15, 0.2) is 0 Å². The third-order valence-electron chi connectivity index (χ3n) is 4.56. The Bertz CT molecular complexity index is 728. The van der Waals surface area contributed by atoms with E-state index >= 15 is 0 Å². The molecule has 0 saturated heterocycles. The molecule has 0 fully saturated rings. The highest BCUT2D eigenvalue weighted by Gasteiger charge is 2.33. The van der Waals surface area contributed by atoms with Crippen molar-refractivity contribution >= 4 is 35.6 Å². The highest BCUT2D eigenvalue weighted by Crippen LogP contribution is 2.05. The Labute approximate surface area is 190 Å². The molecule has 14 nitrogen and oxygen atoms in total. The van der Waals surface area contributed by atoms with Crippen LogP contribution in [0, 0.1) is 5.92 Å². The molecule has 0 aliphatic heterocycles. The van der Waals surface area contributed by atoms with Crippen molar-refractivity contribution in [3.63, 3.8) is 0 Å². The van der Waals surface area contributed by atoms with E-state index in [1.165, 1.54) is 13.8 Å². The fourth-order valence-corrected chi connectivity index (χ4v) is 2.73. The highest BCUT2D eigenvalue weighted by molar-refractivity contribution is 5.96. The smallest absolute Gasteiger partial charge is 0.326 e. The van der Waals surface area contributed by atoms with Gasteiger partial charge in [0, 0.05) is 0 Å². The lowest BCUT2D eigenvalue weighted by Crippen LogP contribution is -2.58. The third-order valence-corrected chi connectivity index (χ3v) is 4.56. The highest BCUT2D eigenvalue weighted by atomic mass is 16.4. The Morgan fingerprint density at radius 2 is 1.21 bits per heavy atom. The lowest BCUT2D eigenvalue weighted by Gasteiger charge is -2.25. The number of nitrogens with two attached hydrogens (primary N) is 2. The van der Waals surface area contributed by atoms with Crippen molar-refractivity contribution in [2.45, 2.75) is 70.1 Å². The fourth-order valence-electron chi connectivity index (χ4n) is 2.73. The first-order valence-electron chi connectivity index (χ1n) is 10.3. The SMILES string of the molecule is CC(C)C(NC(=O)C(CC(=O)O)NC(=O)C(CC(=O)O)NC(=O)C(N)CCCCN)C(=O)O. The van der Waals surface area contributed by atoms with Crippen LogP contribution in [-0.2, 0) is 28.8 Å². The minimum atomic E-state index is -1.72. The number of unbranched alkanes of at least 4 members (excludes halogenated alkanes) is 1. The van der Waals surface area contributed by atoms with E-state index < -0.39 is 78.6 Å². The Morgan fingerprint density at radius 3 is 1.61 bits per heavy atom. The molecule has 0 aliphatic rings. The predicted molar refractivity (Wildman–Crippen MR) is 114 cm³/mol. The summed E-state index contributed by atoms with van der Waals surface area (Å²) >= 11 is 0. The van der Waals surface area contributed by atoms with Crippen LogP contribution in [0.15, 0.2) is 0 Å². The number of aliphatic carboxylic acids is 3. The molecule has 0 bridgehead atoms. The summed E-state index contributed by atoms with van der Waals surface area (Å²) in [6, 6.07) is -5.77. The summed E-state index contributed by atoms with van der Waals surface area (Å²) in [7, 11) is 0. The van der Waals surface area contributed by atoms with E-state index in [9.17, 15) is 33.9 Å². The van der Waals surface area contributed by atoms with E-state index in [1.807, 2.05) is 0 Å². The second-order valence-corrected chi connectivity index (χ2v) is 7.78. The summed E-state index contributed by atoms with van der Waals surface area (Å²) in [5.41, 5.74) is 11.1. The topological polar surface area (TPSA) is 251 Å². The first-order valence-corrected chi connectivity index (χ1v) is 10.3. The first kappa shape index (κ1) is 29.7. The largest absolute Gasteiger partial charge is 0.481 e. The van der Waals surface area contributed by atoms with Gasteiger partial charge in [0.1, 0.15) is 18.1 Å². The molecule has 0 saturated carbocycles. The van der Waals surface area contributed by atoms with E-state index in [4.69, 9.17) is 21.7 Å². The van der Waals surface area contributed by atoms with Gasteiger partial charge in [-0.05, 0) is 25.3 Å². The summed E-state index contributed by atoms with van der Waals surface area (Å²) in [5.74, 6) is -7.88. The van der Waals surface area contributed by atoms with Gasteiger partial charge in [-0.1, -0.05) is 20.3 Å². The van der Waals surface area contributed by atoms with Crippen LogP contribution in [0.25, 0.3) is 0 Å². The summed E-state index contributed by atoms with van der Waals surface area (Å²) in [6.07, 6.45) is -0.394. The van der Waals surface area contributed by atoms with Gasteiger partial charge >= 0.3 is 17.9 Å². The zero-order valence-corrected chi connectivity index (χ0v) is 18.6. The van der Waals surface area contributed by atoms with Crippen LogP contribution in [0.5, 0.6) is 0 Å². The average molecular weight is 475 g/mol. The van der Waals surface area contributed by atoms with Crippen molar-refractivity contribution in [2.75, 3.05) is 6.54 Å². The molecule has 0 rings (SSSR count). The van der Waals surface area contributed by atoms with E-state index in [1.54, 1.807) is 0 Å². The van der Waals surface area contributed by atoms with Gasteiger partial charge in [-0.2, -0.15) is 0 Å². The number of hydrogen-bond acceptors (Lipinski definition) is 8. The maximum Gasteiger partial charge on any atom is 0.326 e. The second kappa shape index (κ2) is 14.7. The fraction of sp³-hybridized carbons (Fsp3) is 0.684. The molecule has 4 unspecified atom stereocenters. The molecule has 3 amide bonds. The molecular formula is C19H33N5O9. The van der Waals surface area contributed by atoms with Crippen LogP contribution >= 0.6 is 0 Å². The Kier molecular flexibility index (Phi) is 13.3. The van der Waals surface area contributed by atoms with E-state index in [0.29, 0.717) is 19.4 Å². The zero-order chi connectivity index (χ0) is 25.7. The van der Waals surface area contributed by atoms with Crippen LogP contribution < -0.4 is 27.4 Å². The Hall–Kier alpha value is -3.26. The van der Waals surface area contributed by atoms with Crippen LogP contribution in [-0.4, -0.2) is 81.7 Å². The van der Waals surface area contributed by atoms with Crippen LogP contribution in [0.4, 0.5) is 0 Å². The number of carboxylic acids is 3. The number of rotatable bonds is 16. The second-order valence-electron chi connectivity index (χ2n) is 7.78. The van der Waals surface area contributed by atoms with E-state index in [0.717, 1.165) is 0 Å². The Morgan fingerprint density at radius 1 is 0.758 bits per heavy atom. The van der Waals surface area contributed by atoms with Crippen molar-refractivity contribution in [1.82, 2.24) is 16.0 Å².